The van der Waals surface area contributed by atoms with Crippen LogP contribution >= 0.6 is 31.9 Å². The van der Waals surface area contributed by atoms with Crippen molar-refractivity contribution in [3.05, 3.63) is 55.5 Å². The fraction of sp³-hybridized carbons (Fsp3) is 0. The molecule has 0 unspecified atom stereocenters. The molecule has 0 fully saturated rings. The number of aromatic hydroxyl groups is 2. The fourth-order valence-corrected chi connectivity index (χ4v) is 3.03. The molecule has 0 saturated heterocycles. The second-order valence-corrected chi connectivity index (χ2v) is 6.09. The Morgan fingerprint density at radius 1 is 0.850 bits per heavy atom. The van der Waals surface area contributed by atoms with Gasteiger partial charge in [-0.05, 0) is 40.2 Å². The van der Waals surface area contributed by atoms with E-state index in [-0.39, 0.29) is 38.2 Å². The number of halogens is 2. The van der Waals surface area contributed by atoms with Crippen LogP contribution in [0.2, 0.25) is 0 Å². The molecule has 0 atom stereocenters. The van der Waals surface area contributed by atoms with E-state index < -0.39 is 11.6 Å². The lowest BCUT2D eigenvalue weighted by Crippen LogP contribution is -2.21. The predicted molar refractivity (Wildman–Crippen MR) is 78.5 cm³/mol. The van der Waals surface area contributed by atoms with Crippen molar-refractivity contribution in [1.82, 2.24) is 0 Å². The molecule has 0 aliphatic heterocycles. The van der Waals surface area contributed by atoms with Crippen LogP contribution in [0.25, 0.3) is 0 Å². The number of benzene rings is 2. The van der Waals surface area contributed by atoms with Gasteiger partial charge in [0.2, 0.25) is 0 Å². The van der Waals surface area contributed by atoms with E-state index in [1.165, 1.54) is 18.2 Å². The Bertz CT molecular complexity index is 794. The van der Waals surface area contributed by atoms with Crippen LogP contribution in [0.1, 0.15) is 31.8 Å². The van der Waals surface area contributed by atoms with E-state index in [4.69, 9.17) is 0 Å². The largest absolute Gasteiger partial charge is 0.507 e. The highest BCUT2D eigenvalue weighted by atomic mass is 79.9. The van der Waals surface area contributed by atoms with E-state index in [2.05, 4.69) is 31.9 Å². The van der Waals surface area contributed by atoms with Gasteiger partial charge in [-0.1, -0.05) is 15.9 Å². The predicted octanol–water partition coefficient (Wildman–Crippen LogP) is 3.40. The number of phenolic OH excluding ortho intramolecular Hbond substituents is 2. The van der Waals surface area contributed by atoms with E-state index in [1.807, 2.05) is 0 Å². The van der Waals surface area contributed by atoms with Crippen LogP contribution in [0, 0.1) is 0 Å². The maximum atomic E-state index is 12.4. The molecule has 20 heavy (non-hydrogen) atoms. The number of ketones is 2. The number of phenols is 2. The van der Waals surface area contributed by atoms with Crippen LogP contribution in [0.4, 0.5) is 0 Å². The van der Waals surface area contributed by atoms with Crippen LogP contribution in [0.3, 0.4) is 0 Å². The van der Waals surface area contributed by atoms with Crippen molar-refractivity contribution >= 4 is 43.4 Å². The molecule has 2 N–H and O–H groups in total. The average molecular weight is 398 g/mol. The van der Waals surface area contributed by atoms with Crippen molar-refractivity contribution in [3.8, 4) is 11.5 Å². The van der Waals surface area contributed by atoms with Crippen LogP contribution in [-0.2, 0) is 0 Å². The van der Waals surface area contributed by atoms with E-state index in [9.17, 15) is 19.8 Å². The van der Waals surface area contributed by atoms with E-state index >= 15 is 0 Å². The van der Waals surface area contributed by atoms with Gasteiger partial charge in [0.25, 0.3) is 0 Å². The molecule has 2 aromatic rings. The van der Waals surface area contributed by atoms with Gasteiger partial charge in [0.1, 0.15) is 11.5 Å². The summed E-state index contributed by atoms with van der Waals surface area (Å²) in [6.07, 6.45) is 0. The fourth-order valence-electron chi connectivity index (χ4n) is 2.25. The molecule has 0 amide bonds. The third kappa shape index (κ3) is 1.72. The van der Waals surface area contributed by atoms with Crippen molar-refractivity contribution in [1.29, 1.82) is 0 Å². The van der Waals surface area contributed by atoms with Crippen molar-refractivity contribution in [3.63, 3.8) is 0 Å². The average Bonchev–Trinajstić information content (AvgIpc) is 2.40. The number of carbonyl (C=O) groups excluding carboxylic acids is 2. The van der Waals surface area contributed by atoms with Crippen LogP contribution in [0.5, 0.6) is 11.5 Å². The first-order chi connectivity index (χ1) is 9.41. The second-order valence-electron chi connectivity index (χ2n) is 4.32. The summed E-state index contributed by atoms with van der Waals surface area (Å²) < 4.78 is 0.817. The number of hydrogen-bond donors (Lipinski definition) is 2. The summed E-state index contributed by atoms with van der Waals surface area (Å²) >= 11 is 6.28. The van der Waals surface area contributed by atoms with Gasteiger partial charge in [0.05, 0.1) is 15.6 Å². The Labute approximate surface area is 130 Å². The summed E-state index contributed by atoms with van der Waals surface area (Å²) in [7, 11) is 0. The van der Waals surface area contributed by atoms with Gasteiger partial charge in [-0.2, -0.15) is 0 Å². The Morgan fingerprint density at radius 2 is 1.50 bits per heavy atom. The van der Waals surface area contributed by atoms with Crippen molar-refractivity contribution in [2.75, 3.05) is 0 Å². The summed E-state index contributed by atoms with van der Waals surface area (Å²) in [5.41, 5.74) is 0.0744. The Balaban J connectivity index is 2.41. The zero-order valence-electron chi connectivity index (χ0n) is 9.78. The Morgan fingerprint density at radius 3 is 2.20 bits per heavy atom. The molecule has 0 saturated carbocycles. The Hall–Kier alpha value is -1.66. The quantitative estimate of drug-likeness (QED) is 0.570. The van der Waals surface area contributed by atoms with Crippen molar-refractivity contribution in [2.24, 2.45) is 0 Å². The number of hydrogen-bond acceptors (Lipinski definition) is 4. The summed E-state index contributed by atoms with van der Waals surface area (Å²) in [4.78, 5) is 24.9. The molecular formula is C14H6Br2O4. The lowest BCUT2D eigenvalue weighted by Gasteiger charge is -2.20. The number of rotatable bonds is 0. The van der Waals surface area contributed by atoms with Crippen LogP contribution in [-0.4, -0.2) is 21.8 Å². The minimum Gasteiger partial charge on any atom is -0.507 e. The second kappa shape index (κ2) is 4.43. The minimum absolute atomic E-state index is 0.162. The molecule has 3 rings (SSSR count). The minimum atomic E-state index is -0.490. The highest BCUT2D eigenvalue weighted by molar-refractivity contribution is 9.10. The molecule has 2 aromatic carbocycles. The molecular weight excluding hydrogens is 392 g/mol. The van der Waals surface area contributed by atoms with Crippen molar-refractivity contribution in [2.45, 2.75) is 0 Å². The van der Waals surface area contributed by atoms with Gasteiger partial charge >= 0.3 is 0 Å². The normalized spacial score (nSPS) is 13.1. The SMILES string of the molecule is O=C1c2cc(Br)ccc2C(=O)c2c(O)c(Br)cc(O)c21. The van der Waals surface area contributed by atoms with Gasteiger partial charge in [-0.25, -0.2) is 0 Å². The van der Waals surface area contributed by atoms with Crippen LogP contribution < -0.4 is 0 Å². The molecule has 0 aromatic heterocycles. The first kappa shape index (κ1) is 13.3. The highest BCUT2D eigenvalue weighted by Crippen LogP contribution is 2.42. The van der Waals surface area contributed by atoms with Crippen molar-refractivity contribution < 1.29 is 19.8 Å². The lowest BCUT2D eigenvalue weighted by atomic mass is 9.83. The summed E-state index contributed by atoms with van der Waals surface area (Å²) in [6.45, 7) is 0. The maximum Gasteiger partial charge on any atom is 0.198 e. The first-order valence-corrected chi connectivity index (χ1v) is 7.13. The van der Waals surface area contributed by atoms with Crippen LogP contribution in [0.15, 0.2) is 33.2 Å². The van der Waals surface area contributed by atoms with E-state index in [1.54, 1.807) is 6.07 Å². The van der Waals surface area contributed by atoms with Gasteiger partial charge < -0.3 is 10.2 Å². The molecule has 0 spiro atoms. The zero-order valence-corrected chi connectivity index (χ0v) is 12.9. The van der Waals surface area contributed by atoms with Gasteiger partial charge in [0, 0.05) is 15.6 Å². The Kier molecular flexibility index (Phi) is 2.95. The molecule has 100 valence electrons. The summed E-state index contributed by atoms with van der Waals surface area (Å²) in [5, 5.41) is 19.9. The topological polar surface area (TPSA) is 74.6 Å². The van der Waals surface area contributed by atoms with E-state index in [0.717, 1.165) is 0 Å². The monoisotopic (exact) mass is 396 g/mol. The third-order valence-corrected chi connectivity index (χ3v) is 4.26. The standard InChI is InChI=1S/C14H6Br2O4/c15-5-1-2-6-7(3-5)13(19)10-9(17)4-8(16)14(20)11(10)12(6)18/h1-4,17,20H. The third-order valence-electron chi connectivity index (χ3n) is 3.16. The molecule has 0 bridgehead atoms. The lowest BCUT2D eigenvalue weighted by molar-refractivity contribution is 0.0974. The smallest absolute Gasteiger partial charge is 0.198 e. The number of fused-ring (bicyclic) bond motifs is 2. The highest BCUT2D eigenvalue weighted by Gasteiger charge is 2.35. The molecule has 0 radical (unpaired) electrons. The van der Waals surface area contributed by atoms with Gasteiger partial charge in [-0.15, -0.1) is 0 Å². The molecule has 6 heteroatoms. The molecule has 4 nitrogen and oxygen atoms in total. The molecule has 1 aliphatic rings. The number of carbonyl (C=O) groups is 2. The summed E-state index contributed by atoms with van der Waals surface area (Å²) in [6, 6.07) is 5.88. The zero-order chi connectivity index (χ0) is 14.6. The van der Waals surface area contributed by atoms with Gasteiger partial charge in [0.15, 0.2) is 11.6 Å². The summed E-state index contributed by atoms with van der Waals surface area (Å²) in [5.74, 6) is -1.66. The molecule has 1 aliphatic carbocycles. The maximum absolute atomic E-state index is 12.4. The van der Waals surface area contributed by atoms with Gasteiger partial charge in [-0.3, -0.25) is 9.59 Å². The van der Waals surface area contributed by atoms with E-state index in [0.29, 0.717) is 4.47 Å². The first-order valence-electron chi connectivity index (χ1n) is 5.55. The molecule has 0 heterocycles.